The molecule has 1 aliphatic heterocycles. The number of carbonyl (C=O) groups excluding carboxylic acids is 1. The maximum absolute atomic E-state index is 12.2. The summed E-state index contributed by atoms with van der Waals surface area (Å²) in [6, 6.07) is 17.6. The molecule has 2 heterocycles. The second-order valence-corrected chi connectivity index (χ2v) is 7.07. The molecule has 8 heteroatoms. The van der Waals surface area contributed by atoms with E-state index >= 15 is 0 Å². The maximum atomic E-state index is 12.2. The lowest BCUT2D eigenvalue weighted by molar-refractivity contribution is -0.118. The fourth-order valence-electron chi connectivity index (χ4n) is 3.43. The molecule has 31 heavy (non-hydrogen) atoms. The van der Waals surface area contributed by atoms with E-state index < -0.39 is 0 Å². The second kappa shape index (κ2) is 9.80. The predicted molar refractivity (Wildman–Crippen MR) is 120 cm³/mol. The number of aromatic nitrogens is 2. The highest BCUT2D eigenvalue weighted by molar-refractivity contribution is 5.91. The zero-order chi connectivity index (χ0) is 21.5. The summed E-state index contributed by atoms with van der Waals surface area (Å²) in [5.74, 6) is 1.46. The van der Waals surface area contributed by atoms with Gasteiger partial charge in [-0.25, -0.2) is 9.97 Å². The number of piperazine rings is 1. The van der Waals surface area contributed by atoms with Crippen LogP contribution in [0.1, 0.15) is 0 Å². The van der Waals surface area contributed by atoms with Crippen LogP contribution in [-0.2, 0) is 4.79 Å². The molecule has 160 valence electrons. The van der Waals surface area contributed by atoms with Crippen molar-refractivity contribution < 1.29 is 14.3 Å². The highest BCUT2D eigenvalue weighted by atomic mass is 16.5. The van der Waals surface area contributed by atoms with Gasteiger partial charge in [0.25, 0.3) is 5.91 Å². The largest absolute Gasteiger partial charge is 0.493 e. The van der Waals surface area contributed by atoms with Gasteiger partial charge in [-0.3, -0.25) is 4.79 Å². The van der Waals surface area contributed by atoms with Crippen molar-refractivity contribution in [2.45, 2.75) is 0 Å². The van der Waals surface area contributed by atoms with E-state index in [4.69, 9.17) is 9.47 Å². The Bertz CT molecular complexity index is 990. The van der Waals surface area contributed by atoms with Gasteiger partial charge in [0.05, 0.1) is 25.2 Å². The van der Waals surface area contributed by atoms with Crippen molar-refractivity contribution >= 4 is 23.2 Å². The minimum atomic E-state index is -0.293. The van der Waals surface area contributed by atoms with Crippen molar-refractivity contribution in [3.8, 4) is 11.5 Å². The van der Waals surface area contributed by atoms with Gasteiger partial charge in [0, 0.05) is 31.9 Å². The SMILES string of the molecule is COc1ccccc1OCC(=O)Nc1cnc(N2CCN(c3ccccc3)CC2)nc1. The summed E-state index contributed by atoms with van der Waals surface area (Å²) in [5, 5.41) is 2.75. The molecule has 1 fully saturated rings. The van der Waals surface area contributed by atoms with Gasteiger partial charge in [0.15, 0.2) is 18.1 Å². The number of para-hydroxylation sites is 3. The standard InChI is InChI=1S/C23H25N5O3/c1-30-20-9-5-6-10-21(20)31-17-22(29)26-18-15-24-23(25-16-18)28-13-11-27(12-14-28)19-7-3-2-4-8-19/h2-10,15-16H,11-14,17H2,1H3,(H,26,29). The van der Waals surface area contributed by atoms with E-state index in [0.717, 1.165) is 26.2 Å². The number of amides is 1. The molecule has 1 aliphatic rings. The molecule has 3 aromatic rings. The van der Waals surface area contributed by atoms with Crippen molar-refractivity contribution in [3.63, 3.8) is 0 Å². The van der Waals surface area contributed by atoms with Crippen LogP contribution in [0.15, 0.2) is 67.0 Å². The molecule has 0 unspecified atom stereocenters. The van der Waals surface area contributed by atoms with Crippen LogP contribution in [0.4, 0.5) is 17.3 Å². The number of methoxy groups -OCH3 is 1. The zero-order valence-electron chi connectivity index (χ0n) is 17.4. The molecular formula is C23H25N5O3. The Morgan fingerprint density at radius 3 is 2.19 bits per heavy atom. The molecule has 2 aromatic carbocycles. The molecule has 0 atom stereocenters. The lowest BCUT2D eigenvalue weighted by Gasteiger charge is -2.36. The van der Waals surface area contributed by atoms with Gasteiger partial charge in [-0.1, -0.05) is 30.3 Å². The quantitative estimate of drug-likeness (QED) is 0.631. The third-order valence-corrected chi connectivity index (χ3v) is 5.03. The molecule has 1 saturated heterocycles. The van der Waals surface area contributed by atoms with Crippen LogP contribution in [0, 0.1) is 0 Å². The first-order chi connectivity index (χ1) is 15.2. The zero-order valence-corrected chi connectivity index (χ0v) is 17.4. The van der Waals surface area contributed by atoms with E-state index in [1.54, 1.807) is 31.6 Å². The first kappa shape index (κ1) is 20.5. The molecule has 0 radical (unpaired) electrons. The molecule has 1 amide bonds. The number of carbonyl (C=O) groups is 1. The summed E-state index contributed by atoms with van der Waals surface area (Å²) in [6.45, 7) is 3.36. The number of rotatable bonds is 7. The van der Waals surface area contributed by atoms with Gasteiger partial charge in [0.2, 0.25) is 5.95 Å². The van der Waals surface area contributed by atoms with E-state index in [1.807, 2.05) is 18.2 Å². The van der Waals surface area contributed by atoms with Gasteiger partial charge in [-0.05, 0) is 24.3 Å². The van der Waals surface area contributed by atoms with Crippen molar-refractivity contribution in [1.82, 2.24) is 9.97 Å². The highest BCUT2D eigenvalue weighted by Crippen LogP contribution is 2.25. The summed E-state index contributed by atoms with van der Waals surface area (Å²) < 4.78 is 10.8. The number of hydrogen-bond donors (Lipinski definition) is 1. The van der Waals surface area contributed by atoms with E-state index in [2.05, 4.69) is 49.4 Å². The van der Waals surface area contributed by atoms with Crippen LogP contribution >= 0.6 is 0 Å². The topological polar surface area (TPSA) is 79.8 Å². The van der Waals surface area contributed by atoms with Gasteiger partial charge in [-0.2, -0.15) is 0 Å². The van der Waals surface area contributed by atoms with Crippen LogP contribution in [0.2, 0.25) is 0 Å². The minimum Gasteiger partial charge on any atom is -0.493 e. The van der Waals surface area contributed by atoms with Crippen molar-refractivity contribution in [2.75, 3.05) is 55.0 Å². The lowest BCUT2D eigenvalue weighted by Crippen LogP contribution is -2.47. The summed E-state index contributed by atoms with van der Waals surface area (Å²) in [4.78, 5) is 25.5. The number of hydrogen-bond acceptors (Lipinski definition) is 7. The number of ether oxygens (including phenoxy) is 2. The van der Waals surface area contributed by atoms with Crippen LogP contribution in [-0.4, -0.2) is 55.8 Å². The molecule has 0 bridgehead atoms. The van der Waals surface area contributed by atoms with E-state index in [0.29, 0.717) is 23.1 Å². The van der Waals surface area contributed by atoms with Crippen molar-refractivity contribution in [2.24, 2.45) is 0 Å². The van der Waals surface area contributed by atoms with Gasteiger partial charge in [-0.15, -0.1) is 0 Å². The molecular weight excluding hydrogens is 394 g/mol. The molecule has 1 N–H and O–H groups in total. The van der Waals surface area contributed by atoms with Crippen molar-refractivity contribution in [1.29, 1.82) is 0 Å². The first-order valence-corrected chi connectivity index (χ1v) is 10.2. The molecule has 1 aromatic heterocycles. The van der Waals surface area contributed by atoms with Gasteiger partial charge in [0.1, 0.15) is 0 Å². The average molecular weight is 419 g/mol. The monoisotopic (exact) mass is 419 g/mol. The smallest absolute Gasteiger partial charge is 0.262 e. The van der Waals surface area contributed by atoms with E-state index in [-0.39, 0.29) is 12.5 Å². The van der Waals surface area contributed by atoms with E-state index in [9.17, 15) is 4.79 Å². The Balaban J connectivity index is 1.27. The van der Waals surface area contributed by atoms with Crippen LogP contribution < -0.4 is 24.6 Å². The Labute approximate surface area is 181 Å². The van der Waals surface area contributed by atoms with Crippen molar-refractivity contribution in [3.05, 3.63) is 67.0 Å². The predicted octanol–water partition coefficient (Wildman–Crippen LogP) is 2.83. The third kappa shape index (κ3) is 5.22. The summed E-state index contributed by atoms with van der Waals surface area (Å²) in [6.07, 6.45) is 3.24. The van der Waals surface area contributed by atoms with Crippen LogP contribution in [0.5, 0.6) is 11.5 Å². The summed E-state index contributed by atoms with van der Waals surface area (Å²) in [5.41, 5.74) is 1.76. The highest BCUT2D eigenvalue weighted by Gasteiger charge is 2.19. The van der Waals surface area contributed by atoms with Gasteiger partial charge < -0.3 is 24.6 Å². The summed E-state index contributed by atoms with van der Waals surface area (Å²) >= 11 is 0. The van der Waals surface area contributed by atoms with E-state index in [1.165, 1.54) is 5.69 Å². The Kier molecular flexibility index (Phi) is 6.47. The average Bonchev–Trinajstić information content (AvgIpc) is 2.84. The molecule has 0 saturated carbocycles. The third-order valence-electron chi connectivity index (χ3n) is 5.03. The van der Waals surface area contributed by atoms with Crippen LogP contribution in [0.3, 0.4) is 0 Å². The number of benzene rings is 2. The second-order valence-electron chi connectivity index (χ2n) is 7.07. The minimum absolute atomic E-state index is 0.135. The molecule has 0 aliphatic carbocycles. The Morgan fingerprint density at radius 1 is 0.903 bits per heavy atom. The number of nitrogens with zero attached hydrogens (tertiary/aromatic N) is 4. The maximum Gasteiger partial charge on any atom is 0.262 e. The van der Waals surface area contributed by atoms with Gasteiger partial charge >= 0.3 is 0 Å². The number of anilines is 3. The normalized spacial score (nSPS) is 13.6. The fourth-order valence-corrected chi connectivity index (χ4v) is 3.43. The first-order valence-electron chi connectivity index (χ1n) is 10.2. The molecule has 8 nitrogen and oxygen atoms in total. The fraction of sp³-hybridized carbons (Fsp3) is 0.261. The number of nitrogens with one attached hydrogen (secondary N) is 1. The molecule has 4 rings (SSSR count). The van der Waals surface area contributed by atoms with Crippen LogP contribution in [0.25, 0.3) is 0 Å². The summed E-state index contributed by atoms with van der Waals surface area (Å²) in [7, 11) is 1.56. The molecule has 0 spiro atoms. The Morgan fingerprint density at radius 2 is 1.52 bits per heavy atom. The lowest BCUT2D eigenvalue weighted by atomic mass is 10.2. The Hall–Kier alpha value is -3.81.